The highest BCUT2D eigenvalue weighted by Crippen LogP contribution is 2.34. The molecule has 1 aliphatic rings. The molecule has 0 amide bonds. The van der Waals surface area contributed by atoms with Crippen LogP contribution in [0.25, 0.3) is 0 Å². The summed E-state index contributed by atoms with van der Waals surface area (Å²) in [6, 6.07) is 13.6. The summed E-state index contributed by atoms with van der Waals surface area (Å²) >= 11 is 1.85. The van der Waals surface area contributed by atoms with Crippen molar-refractivity contribution < 1.29 is 0 Å². The molecule has 2 heterocycles. The minimum Gasteiger partial charge on any atom is -0.384 e. The molecule has 1 aliphatic heterocycles. The van der Waals surface area contributed by atoms with E-state index in [2.05, 4.69) is 66.0 Å². The molecule has 2 unspecified atom stereocenters. The second-order valence-electron chi connectivity index (χ2n) is 5.63. The standard InChI is InChI=1S/C17H22N2S/c1-13(17-8-5-11-20-17)19(2)10-9-14-12-18-16-7-4-3-6-15(14)16/h3-8,11,13-14,18H,9-10,12H2,1-2H3. The third-order valence-electron chi connectivity index (χ3n) is 4.39. The van der Waals surface area contributed by atoms with Crippen LogP contribution in [0.3, 0.4) is 0 Å². The van der Waals surface area contributed by atoms with Gasteiger partial charge in [-0.2, -0.15) is 0 Å². The summed E-state index contributed by atoms with van der Waals surface area (Å²) in [5.74, 6) is 0.657. The van der Waals surface area contributed by atoms with E-state index >= 15 is 0 Å². The van der Waals surface area contributed by atoms with Gasteiger partial charge in [-0.15, -0.1) is 11.3 Å². The van der Waals surface area contributed by atoms with Gasteiger partial charge in [0.2, 0.25) is 0 Å². The van der Waals surface area contributed by atoms with Crippen LogP contribution in [-0.4, -0.2) is 25.0 Å². The zero-order valence-electron chi connectivity index (χ0n) is 12.2. The second kappa shape index (κ2) is 5.98. The lowest BCUT2D eigenvalue weighted by atomic mass is 9.97. The van der Waals surface area contributed by atoms with Crippen molar-refractivity contribution in [3.8, 4) is 0 Å². The Labute approximate surface area is 125 Å². The summed E-state index contributed by atoms with van der Waals surface area (Å²) in [6.07, 6.45) is 1.22. The third kappa shape index (κ3) is 2.74. The number of hydrogen-bond donors (Lipinski definition) is 1. The highest BCUT2D eigenvalue weighted by molar-refractivity contribution is 7.10. The Bertz CT molecular complexity index is 550. The van der Waals surface area contributed by atoms with Gasteiger partial charge in [-0.1, -0.05) is 24.3 Å². The molecule has 2 aromatic rings. The molecule has 0 fully saturated rings. The van der Waals surface area contributed by atoms with Crippen LogP contribution in [0.5, 0.6) is 0 Å². The van der Waals surface area contributed by atoms with Crippen LogP contribution in [0.4, 0.5) is 5.69 Å². The Morgan fingerprint density at radius 3 is 2.95 bits per heavy atom. The maximum absolute atomic E-state index is 3.51. The number of rotatable bonds is 5. The van der Waals surface area contributed by atoms with E-state index in [1.807, 2.05) is 11.3 Å². The third-order valence-corrected chi connectivity index (χ3v) is 5.43. The Balaban J connectivity index is 1.58. The number of nitrogens with zero attached hydrogens (tertiary/aromatic N) is 1. The van der Waals surface area contributed by atoms with Crippen molar-refractivity contribution in [1.29, 1.82) is 0 Å². The van der Waals surface area contributed by atoms with E-state index in [0.717, 1.165) is 13.1 Å². The van der Waals surface area contributed by atoms with Crippen LogP contribution >= 0.6 is 11.3 Å². The van der Waals surface area contributed by atoms with Crippen LogP contribution in [0.2, 0.25) is 0 Å². The normalized spacial score (nSPS) is 18.9. The number of fused-ring (bicyclic) bond motifs is 1. The van der Waals surface area contributed by atoms with Crippen molar-refractivity contribution in [2.45, 2.75) is 25.3 Å². The highest BCUT2D eigenvalue weighted by atomic mass is 32.1. The molecule has 0 saturated heterocycles. The van der Waals surface area contributed by atoms with Crippen molar-refractivity contribution in [2.75, 3.05) is 25.5 Å². The van der Waals surface area contributed by atoms with Crippen molar-refractivity contribution in [1.82, 2.24) is 4.90 Å². The molecule has 1 aromatic heterocycles. The molecule has 2 atom stereocenters. The van der Waals surface area contributed by atoms with Crippen LogP contribution in [0.1, 0.15) is 35.7 Å². The number of para-hydroxylation sites is 1. The lowest BCUT2D eigenvalue weighted by Crippen LogP contribution is -2.24. The van der Waals surface area contributed by atoms with Gasteiger partial charge in [0.05, 0.1) is 0 Å². The molecule has 0 saturated carbocycles. The largest absolute Gasteiger partial charge is 0.384 e. The quantitative estimate of drug-likeness (QED) is 0.879. The van der Waals surface area contributed by atoms with Crippen molar-refractivity contribution in [3.05, 3.63) is 52.2 Å². The van der Waals surface area contributed by atoms with Crippen molar-refractivity contribution >= 4 is 17.0 Å². The summed E-state index contributed by atoms with van der Waals surface area (Å²) < 4.78 is 0. The molecular formula is C17H22N2S. The fourth-order valence-electron chi connectivity index (χ4n) is 2.91. The molecule has 0 spiro atoms. The Hall–Kier alpha value is -1.32. The Morgan fingerprint density at radius 1 is 1.30 bits per heavy atom. The first kappa shape index (κ1) is 13.7. The van der Waals surface area contributed by atoms with Gasteiger partial charge >= 0.3 is 0 Å². The van der Waals surface area contributed by atoms with E-state index in [9.17, 15) is 0 Å². The van der Waals surface area contributed by atoms with Gasteiger partial charge in [-0.05, 0) is 50.0 Å². The fourth-order valence-corrected chi connectivity index (χ4v) is 3.76. The fraction of sp³-hybridized carbons (Fsp3) is 0.412. The van der Waals surface area contributed by atoms with Gasteiger partial charge in [0, 0.05) is 29.1 Å². The first-order valence-corrected chi connectivity index (χ1v) is 8.20. The van der Waals surface area contributed by atoms with E-state index in [0.29, 0.717) is 12.0 Å². The zero-order valence-corrected chi connectivity index (χ0v) is 13.0. The molecule has 0 radical (unpaired) electrons. The van der Waals surface area contributed by atoms with Gasteiger partial charge < -0.3 is 5.32 Å². The molecule has 0 aliphatic carbocycles. The molecular weight excluding hydrogens is 264 g/mol. The average Bonchev–Trinajstić information content (AvgIpc) is 3.13. The predicted octanol–water partition coefficient (Wildman–Crippen LogP) is 4.34. The summed E-state index contributed by atoms with van der Waals surface area (Å²) in [7, 11) is 2.23. The van der Waals surface area contributed by atoms with Crippen molar-refractivity contribution in [2.24, 2.45) is 0 Å². The number of anilines is 1. The SMILES string of the molecule is CC(c1cccs1)N(C)CCC1CNc2ccccc21. The Kier molecular flexibility index (Phi) is 4.08. The maximum Gasteiger partial charge on any atom is 0.0410 e. The number of hydrogen-bond acceptors (Lipinski definition) is 3. The zero-order chi connectivity index (χ0) is 13.9. The highest BCUT2D eigenvalue weighted by Gasteiger charge is 2.22. The smallest absolute Gasteiger partial charge is 0.0410 e. The Morgan fingerprint density at radius 2 is 2.15 bits per heavy atom. The summed E-state index contributed by atoms with van der Waals surface area (Å²) in [5, 5.41) is 5.68. The molecule has 20 heavy (non-hydrogen) atoms. The maximum atomic E-state index is 3.51. The summed E-state index contributed by atoms with van der Waals surface area (Å²) in [6.45, 7) is 4.52. The minimum atomic E-state index is 0.514. The molecule has 2 nitrogen and oxygen atoms in total. The van der Waals surface area contributed by atoms with Crippen LogP contribution in [0.15, 0.2) is 41.8 Å². The monoisotopic (exact) mass is 286 g/mol. The number of thiophene rings is 1. The molecule has 3 heteroatoms. The van der Waals surface area contributed by atoms with Gasteiger partial charge in [-0.3, -0.25) is 4.90 Å². The molecule has 1 aromatic carbocycles. The lowest BCUT2D eigenvalue weighted by Gasteiger charge is -2.25. The van der Waals surface area contributed by atoms with E-state index in [-0.39, 0.29) is 0 Å². The van der Waals surface area contributed by atoms with E-state index < -0.39 is 0 Å². The predicted molar refractivity (Wildman–Crippen MR) is 87.7 cm³/mol. The van der Waals surface area contributed by atoms with E-state index in [1.54, 1.807) is 0 Å². The van der Waals surface area contributed by atoms with Gasteiger partial charge in [0.25, 0.3) is 0 Å². The average molecular weight is 286 g/mol. The summed E-state index contributed by atoms with van der Waals surface area (Å²) in [4.78, 5) is 3.92. The van der Waals surface area contributed by atoms with Gasteiger partial charge in [0.1, 0.15) is 0 Å². The lowest BCUT2D eigenvalue weighted by molar-refractivity contribution is 0.256. The van der Waals surface area contributed by atoms with Gasteiger partial charge in [-0.25, -0.2) is 0 Å². The minimum absolute atomic E-state index is 0.514. The van der Waals surface area contributed by atoms with Crippen LogP contribution in [0, 0.1) is 0 Å². The summed E-state index contributed by atoms with van der Waals surface area (Å²) in [5.41, 5.74) is 2.82. The van der Waals surface area contributed by atoms with E-state index in [4.69, 9.17) is 0 Å². The molecule has 1 N–H and O–H groups in total. The molecule has 0 bridgehead atoms. The first-order valence-electron chi connectivity index (χ1n) is 7.32. The molecule has 106 valence electrons. The number of benzene rings is 1. The van der Waals surface area contributed by atoms with E-state index in [1.165, 1.54) is 22.5 Å². The molecule has 3 rings (SSSR count). The first-order chi connectivity index (χ1) is 9.75. The topological polar surface area (TPSA) is 15.3 Å². The second-order valence-corrected chi connectivity index (χ2v) is 6.61. The van der Waals surface area contributed by atoms with Crippen LogP contribution < -0.4 is 5.32 Å². The van der Waals surface area contributed by atoms with Gasteiger partial charge in [0.15, 0.2) is 0 Å². The van der Waals surface area contributed by atoms with Crippen molar-refractivity contribution in [3.63, 3.8) is 0 Å². The number of nitrogens with one attached hydrogen (secondary N) is 1. The van der Waals surface area contributed by atoms with Crippen LogP contribution in [-0.2, 0) is 0 Å².